The molecule has 164 valence electrons. The number of carbonyl (C=O) groups is 1. The topological polar surface area (TPSA) is 104 Å². The molecule has 12 heteroatoms. The molecule has 1 amide bonds. The van der Waals surface area contributed by atoms with Crippen molar-refractivity contribution >= 4 is 38.3 Å². The van der Waals surface area contributed by atoms with Crippen LogP contribution in [0, 0.1) is 23.3 Å². The Kier molecular flexibility index (Phi) is 5.30. The maximum atomic E-state index is 14.9. The second-order valence-electron chi connectivity index (χ2n) is 6.56. The first-order chi connectivity index (χ1) is 15.2. The summed E-state index contributed by atoms with van der Waals surface area (Å²) in [6.45, 7) is 0. The lowest BCUT2D eigenvalue weighted by molar-refractivity contribution is 0.102. The first-order valence-corrected chi connectivity index (χ1v) is 10.3. The largest absolute Gasteiger partial charge is 0.346 e. The second-order valence-corrected chi connectivity index (χ2v) is 8.21. The molecular formula is C20H12F4N4O3S. The number of aromatic amines is 1. The lowest BCUT2D eigenvalue weighted by Gasteiger charge is -2.13. The van der Waals surface area contributed by atoms with Gasteiger partial charge in [-0.1, -0.05) is 0 Å². The number of rotatable bonds is 5. The number of nitrogens with one attached hydrogen (secondary N) is 3. The number of carbonyl (C=O) groups excluding carboxylic acids is 1. The number of H-pyrrole nitrogens is 1. The normalized spacial score (nSPS) is 11.5. The number of aromatic nitrogens is 2. The number of anilines is 2. The monoisotopic (exact) mass is 464 g/mol. The van der Waals surface area contributed by atoms with Crippen molar-refractivity contribution in [3.63, 3.8) is 0 Å². The van der Waals surface area contributed by atoms with Crippen molar-refractivity contribution in [1.29, 1.82) is 0 Å². The predicted molar refractivity (Wildman–Crippen MR) is 108 cm³/mol. The van der Waals surface area contributed by atoms with Crippen LogP contribution in [0.3, 0.4) is 0 Å². The number of halogens is 4. The van der Waals surface area contributed by atoms with Gasteiger partial charge >= 0.3 is 0 Å². The maximum Gasteiger partial charge on any atom is 0.265 e. The van der Waals surface area contributed by atoms with Gasteiger partial charge in [0.15, 0.2) is 5.82 Å². The second kappa shape index (κ2) is 7.96. The van der Waals surface area contributed by atoms with Gasteiger partial charge in [-0.3, -0.25) is 9.52 Å². The van der Waals surface area contributed by atoms with Gasteiger partial charge in [-0.2, -0.15) is 0 Å². The molecule has 0 aliphatic carbocycles. The summed E-state index contributed by atoms with van der Waals surface area (Å²) in [5, 5.41) is 2.61. The molecule has 0 fully saturated rings. The van der Waals surface area contributed by atoms with Crippen LogP contribution in [0.4, 0.5) is 28.9 Å². The molecule has 3 N–H and O–H groups in total. The summed E-state index contributed by atoms with van der Waals surface area (Å²) >= 11 is 0. The molecule has 0 spiro atoms. The molecule has 2 aromatic heterocycles. The lowest BCUT2D eigenvalue weighted by atomic mass is 10.2. The van der Waals surface area contributed by atoms with E-state index in [9.17, 15) is 30.8 Å². The van der Waals surface area contributed by atoms with E-state index in [0.717, 1.165) is 6.07 Å². The minimum absolute atomic E-state index is 0.0104. The molecule has 2 aromatic carbocycles. The number of fused-ring (bicyclic) bond motifs is 1. The molecule has 0 bridgehead atoms. The van der Waals surface area contributed by atoms with Crippen LogP contribution in [0.2, 0.25) is 0 Å². The summed E-state index contributed by atoms with van der Waals surface area (Å²) in [6.07, 6.45) is 2.78. The minimum atomic E-state index is -4.77. The van der Waals surface area contributed by atoms with E-state index in [4.69, 9.17) is 0 Å². The fourth-order valence-corrected chi connectivity index (χ4v) is 4.03. The smallest absolute Gasteiger partial charge is 0.265 e. The fourth-order valence-electron chi connectivity index (χ4n) is 2.88. The standard InChI is InChI=1S/C20H12F4N4O3S/c21-12-1-2-13(22)16(8-12)32(30,31)28-15-4-3-14(23)18(17(15)24)27-20(29)11-7-10-5-6-25-19(10)26-9-11/h1-9,28H,(H,25,26)(H,27,29). The zero-order chi connectivity index (χ0) is 23.0. The van der Waals surface area contributed by atoms with Crippen LogP contribution in [-0.4, -0.2) is 24.3 Å². The van der Waals surface area contributed by atoms with Gasteiger partial charge in [0.05, 0.1) is 11.3 Å². The number of pyridine rings is 1. The molecule has 0 aliphatic rings. The van der Waals surface area contributed by atoms with Gasteiger partial charge in [-0.25, -0.2) is 31.0 Å². The van der Waals surface area contributed by atoms with Crippen LogP contribution in [0.1, 0.15) is 10.4 Å². The van der Waals surface area contributed by atoms with E-state index in [2.05, 4.69) is 9.97 Å². The SMILES string of the molecule is O=C(Nc1c(F)ccc(NS(=O)(=O)c2cc(F)ccc2F)c1F)c1cnc2[nH]ccc2c1. The average molecular weight is 464 g/mol. The zero-order valence-electron chi connectivity index (χ0n) is 15.8. The molecule has 0 atom stereocenters. The highest BCUT2D eigenvalue weighted by atomic mass is 32.2. The molecule has 0 radical (unpaired) electrons. The molecule has 4 aromatic rings. The molecular weight excluding hydrogens is 452 g/mol. The Morgan fingerprint density at radius 1 is 0.969 bits per heavy atom. The van der Waals surface area contributed by atoms with Crippen molar-refractivity contribution in [2.45, 2.75) is 4.90 Å². The predicted octanol–water partition coefficient (Wildman–Crippen LogP) is 4.17. The number of hydrogen-bond acceptors (Lipinski definition) is 4. The van der Waals surface area contributed by atoms with Crippen LogP contribution in [0.5, 0.6) is 0 Å². The van der Waals surface area contributed by atoms with Crippen molar-refractivity contribution in [2.24, 2.45) is 0 Å². The average Bonchev–Trinajstić information content (AvgIpc) is 3.22. The molecule has 7 nitrogen and oxygen atoms in total. The van der Waals surface area contributed by atoms with Crippen molar-refractivity contribution in [3.8, 4) is 0 Å². The third-order valence-corrected chi connectivity index (χ3v) is 5.80. The van der Waals surface area contributed by atoms with E-state index in [1.807, 2.05) is 5.32 Å². The van der Waals surface area contributed by atoms with E-state index in [1.54, 1.807) is 17.0 Å². The van der Waals surface area contributed by atoms with Crippen molar-refractivity contribution < 1.29 is 30.8 Å². The zero-order valence-corrected chi connectivity index (χ0v) is 16.6. The number of amides is 1. The molecule has 2 heterocycles. The Hall–Kier alpha value is -3.93. The van der Waals surface area contributed by atoms with E-state index in [-0.39, 0.29) is 5.56 Å². The number of benzene rings is 2. The molecule has 0 aliphatic heterocycles. The summed E-state index contributed by atoms with van der Waals surface area (Å²) in [5.41, 5.74) is -1.24. The Bertz CT molecular complexity index is 1470. The molecule has 0 saturated carbocycles. The van der Waals surface area contributed by atoms with Gasteiger partial charge in [-0.05, 0) is 42.5 Å². The van der Waals surface area contributed by atoms with Gasteiger partial charge < -0.3 is 10.3 Å². The maximum absolute atomic E-state index is 14.9. The van der Waals surface area contributed by atoms with E-state index in [0.29, 0.717) is 35.3 Å². The van der Waals surface area contributed by atoms with Crippen molar-refractivity contribution in [3.05, 3.63) is 83.7 Å². The van der Waals surface area contributed by atoms with Crippen LogP contribution in [0.15, 0.2) is 59.8 Å². The van der Waals surface area contributed by atoms with Crippen LogP contribution >= 0.6 is 0 Å². The first-order valence-electron chi connectivity index (χ1n) is 8.86. The molecule has 0 unspecified atom stereocenters. The number of sulfonamides is 1. The molecule has 4 rings (SSSR count). The summed E-state index contributed by atoms with van der Waals surface area (Å²) < 4.78 is 82.8. The van der Waals surface area contributed by atoms with Gasteiger partial charge in [-0.15, -0.1) is 0 Å². The number of nitrogens with zero attached hydrogens (tertiary/aromatic N) is 1. The van der Waals surface area contributed by atoms with Crippen molar-refractivity contribution in [1.82, 2.24) is 9.97 Å². The highest BCUT2D eigenvalue weighted by Crippen LogP contribution is 2.29. The van der Waals surface area contributed by atoms with Crippen molar-refractivity contribution in [2.75, 3.05) is 10.0 Å². The highest BCUT2D eigenvalue weighted by Gasteiger charge is 2.24. The molecule has 0 saturated heterocycles. The summed E-state index contributed by atoms with van der Waals surface area (Å²) in [5.74, 6) is -5.87. The van der Waals surface area contributed by atoms with E-state index in [1.165, 1.54) is 12.3 Å². The van der Waals surface area contributed by atoms with Gasteiger partial charge in [0.2, 0.25) is 0 Å². The minimum Gasteiger partial charge on any atom is -0.346 e. The van der Waals surface area contributed by atoms with E-state index < -0.39 is 55.5 Å². The van der Waals surface area contributed by atoms with Crippen LogP contribution in [0.25, 0.3) is 11.0 Å². The van der Waals surface area contributed by atoms with Gasteiger partial charge in [0.25, 0.3) is 15.9 Å². The Morgan fingerprint density at radius 3 is 2.50 bits per heavy atom. The van der Waals surface area contributed by atoms with Gasteiger partial charge in [0.1, 0.15) is 33.7 Å². The third-order valence-electron chi connectivity index (χ3n) is 4.42. The van der Waals surface area contributed by atoms with Crippen LogP contribution in [-0.2, 0) is 10.0 Å². The Labute approximate surface area is 178 Å². The quantitative estimate of drug-likeness (QED) is 0.386. The summed E-state index contributed by atoms with van der Waals surface area (Å²) in [6, 6.07) is 6.22. The Balaban J connectivity index is 1.65. The van der Waals surface area contributed by atoms with Gasteiger partial charge in [0, 0.05) is 17.8 Å². The molecule has 32 heavy (non-hydrogen) atoms. The first kappa shape index (κ1) is 21.3. The van der Waals surface area contributed by atoms with Crippen LogP contribution < -0.4 is 10.0 Å². The number of hydrogen-bond donors (Lipinski definition) is 3. The Morgan fingerprint density at radius 2 is 1.72 bits per heavy atom. The summed E-state index contributed by atoms with van der Waals surface area (Å²) in [7, 11) is -4.77. The highest BCUT2D eigenvalue weighted by molar-refractivity contribution is 7.92. The lowest BCUT2D eigenvalue weighted by Crippen LogP contribution is -2.18. The summed E-state index contributed by atoms with van der Waals surface area (Å²) in [4.78, 5) is 18.2. The van der Waals surface area contributed by atoms with E-state index >= 15 is 0 Å². The fraction of sp³-hybridized carbons (Fsp3) is 0. The third kappa shape index (κ3) is 3.99.